The standard InChI is InChI=1S/C14H16FNO4S/c15-11-7-10(14(17)18)5-6-12(11)21(19,20)16-13(8-1-2-8)9-3-4-9/h5-9,13,16H,1-4H2,(H,17,18). The minimum Gasteiger partial charge on any atom is -0.478 e. The van der Waals surface area contributed by atoms with Crippen LogP contribution in [-0.2, 0) is 10.0 Å². The molecule has 3 rings (SSSR count). The Labute approximate surface area is 122 Å². The number of carboxylic acids is 1. The number of aromatic carboxylic acids is 1. The van der Waals surface area contributed by atoms with Gasteiger partial charge in [0.05, 0.1) is 5.56 Å². The third-order valence-corrected chi connectivity index (χ3v) is 5.51. The van der Waals surface area contributed by atoms with Gasteiger partial charge in [-0.2, -0.15) is 0 Å². The van der Waals surface area contributed by atoms with Gasteiger partial charge in [-0.25, -0.2) is 22.3 Å². The molecular weight excluding hydrogens is 297 g/mol. The molecule has 114 valence electrons. The quantitative estimate of drug-likeness (QED) is 0.841. The first kappa shape index (κ1) is 14.5. The maximum atomic E-state index is 13.9. The van der Waals surface area contributed by atoms with Crippen molar-refractivity contribution in [3.05, 3.63) is 29.6 Å². The number of carbonyl (C=O) groups is 1. The first-order valence-electron chi connectivity index (χ1n) is 6.93. The molecule has 0 unspecified atom stereocenters. The van der Waals surface area contributed by atoms with Gasteiger partial charge in [-0.05, 0) is 55.7 Å². The topological polar surface area (TPSA) is 83.5 Å². The lowest BCUT2D eigenvalue weighted by Crippen LogP contribution is -2.38. The van der Waals surface area contributed by atoms with E-state index in [4.69, 9.17) is 5.11 Å². The summed E-state index contributed by atoms with van der Waals surface area (Å²) in [6.07, 6.45) is 4.02. The summed E-state index contributed by atoms with van der Waals surface area (Å²) in [6.45, 7) is 0. The Morgan fingerprint density at radius 3 is 2.24 bits per heavy atom. The van der Waals surface area contributed by atoms with Crippen LogP contribution in [-0.4, -0.2) is 25.5 Å². The van der Waals surface area contributed by atoms with Crippen molar-refractivity contribution in [1.82, 2.24) is 4.72 Å². The van der Waals surface area contributed by atoms with Gasteiger partial charge in [0.1, 0.15) is 10.7 Å². The van der Waals surface area contributed by atoms with Crippen molar-refractivity contribution in [2.45, 2.75) is 36.6 Å². The van der Waals surface area contributed by atoms with Crippen LogP contribution in [0.1, 0.15) is 36.0 Å². The summed E-state index contributed by atoms with van der Waals surface area (Å²) in [4.78, 5) is 10.3. The molecule has 0 aromatic heterocycles. The van der Waals surface area contributed by atoms with E-state index >= 15 is 0 Å². The van der Waals surface area contributed by atoms with Crippen LogP contribution in [0.3, 0.4) is 0 Å². The zero-order valence-corrected chi connectivity index (χ0v) is 12.1. The predicted octanol–water partition coefficient (Wildman–Crippen LogP) is 1.99. The van der Waals surface area contributed by atoms with E-state index < -0.39 is 26.7 Å². The van der Waals surface area contributed by atoms with E-state index in [0.29, 0.717) is 11.8 Å². The summed E-state index contributed by atoms with van der Waals surface area (Å²) >= 11 is 0. The third kappa shape index (κ3) is 3.08. The number of hydrogen-bond acceptors (Lipinski definition) is 3. The van der Waals surface area contributed by atoms with Gasteiger partial charge >= 0.3 is 5.97 Å². The van der Waals surface area contributed by atoms with Crippen molar-refractivity contribution in [3.8, 4) is 0 Å². The largest absolute Gasteiger partial charge is 0.478 e. The van der Waals surface area contributed by atoms with Crippen molar-refractivity contribution < 1.29 is 22.7 Å². The van der Waals surface area contributed by atoms with Gasteiger partial charge < -0.3 is 5.11 Å². The van der Waals surface area contributed by atoms with E-state index in [1.54, 1.807) is 0 Å². The maximum Gasteiger partial charge on any atom is 0.335 e. The molecule has 0 heterocycles. The Kier molecular flexibility index (Phi) is 3.49. The lowest BCUT2D eigenvalue weighted by atomic mass is 10.1. The molecule has 21 heavy (non-hydrogen) atoms. The highest BCUT2D eigenvalue weighted by Crippen LogP contribution is 2.45. The van der Waals surface area contributed by atoms with E-state index in [-0.39, 0.29) is 11.6 Å². The maximum absolute atomic E-state index is 13.9. The Bertz CT molecular complexity index is 668. The summed E-state index contributed by atoms with van der Waals surface area (Å²) < 4.78 is 41.1. The molecule has 0 aliphatic heterocycles. The van der Waals surface area contributed by atoms with Crippen LogP contribution >= 0.6 is 0 Å². The average Bonchev–Trinajstić information content (AvgIpc) is 3.27. The monoisotopic (exact) mass is 313 g/mol. The summed E-state index contributed by atoms with van der Waals surface area (Å²) in [6, 6.07) is 2.73. The Hall–Kier alpha value is -1.47. The Morgan fingerprint density at radius 1 is 1.24 bits per heavy atom. The normalized spacial score (nSPS) is 19.0. The van der Waals surface area contributed by atoms with Crippen LogP contribution in [0.4, 0.5) is 4.39 Å². The lowest BCUT2D eigenvalue weighted by Gasteiger charge is -2.18. The minimum atomic E-state index is -3.96. The number of benzene rings is 1. The second kappa shape index (κ2) is 5.06. The van der Waals surface area contributed by atoms with Crippen molar-refractivity contribution in [3.63, 3.8) is 0 Å². The van der Waals surface area contributed by atoms with Gasteiger partial charge in [0.2, 0.25) is 10.0 Å². The van der Waals surface area contributed by atoms with E-state index in [1.807, 2.05) is 0 Å². The van der Waals surface area contributed by atoms with Gasteiger partial charge in [-0.1, -0.05) is 0 Å². The molecule has 2 saturated carbocycles. The Balaban J connectivity index is 1.85. The molecular formula is C14H16FNO4S. The molecule has 0 bridgehead atoms. The van der Waals surface area contributed by atoms with Gasteiger partial charge in [-0.15, -0.1) is 0 Å². The van der Waals surface area contributed by atoms with E-state index in [1.165, 1.54) is 0 Å². The number of sulfonamides is 1. The number of nitrogens with one attached hydrogen (secondary N) is 1. The molecule has 0 spiro atoms. The van der Waals surface area contributed by atoms with E-state index in [9.17, 15) is 17.6 Å². The van der Waals surface area contributed by atoms with Crippen LogP contribution in [0, 0.1) is 17.7 Å². The second-order valence-corrected chi connectivity index (χ2v) is 7.45. The van der Waals surface area contributed by atoms with Crippen molar-refractivity contribution >= 4 is 16.0 Å². The molecule has 0 radical (unpaired) electrons. The average molecular weight is 313 g/mol. The van der Waals surface area contributed by atoms with Gasteiger partial charge in [0.25, 0.3) is 0 Å². The molecule has 0 amide bonds. The number of halogens is 1. The summed E-state index contributed by atoms with van der Waals surface area (Å²) in [5.74, 6) is -1.62. The predicted molar refractivity (Wildman–Crippen MR) is 72.9 cm³/mol. The first-order valence-corrected chi connectivity index (χ1v) is 8.42. The van der Waals surface area contributed by atoms with Crippen LogP contribution in [0.2, 0.25) is 0 Å². The fourth-order valence-corrected chi connectivity index (χ4v) is 4.02. The van der Waals surface area contributed by atoms with Gasteiger partial charge in [-0.3, -0.25) is 0 Å². The first-order chi connectivity index (χ1) is 9.88. The zero-order chi connectivity index (χ0) is 15.2. The molecule has 0 saturated heterocycles. The number of carboxylic acid groups (broad SMARTS) is 1. The molecule has 2 aliphatic rings. The van der Waals surface area contributed by atoms with Crippen LogP contribution in [0.25, 0.3) is 0 Å². The van der Waals surface area contributed by atoms with E-state index in [2.05, 4.69) is 4.72 Å². The molecule has 1 aromatic carbocycles. The van der Waals surface area contributed by atoms with Crippen molar-refractivity contribution in [2.75, 3.05) is 0 Å². The van der Waals surface area contributed by atoms with E-state index in [0.717, 1.165) is 43.9 Å². The Morgan fingerprint density at radius 2 is 1.81 bits per heavy atom. The lowest BCUT2D eigenvalue weighted by molar-refractivity contribution is 0.0696. The highest BCUT2D eigenvalue weighted by atomic mass is 32.2. The second-order valence-electron chi connectivity index (χ2n) is 5.77. The van der Waals surface area contributed by atoms with Crippen LogP contribution in [0.5, 0.6) is 0 Å². The molecule has 1 aromatic rings. The fraction of sp³-hybridized carbons (Fsp3) is 0.500. The van der Waals surface area contributed by atoms with Crippen LogP contribution < -0.4 is 4.72 Å². The highest BCUT2D eigenvalue weighted by Gasteiger charge is 2.43. The SMILES string of the molecule is O=C(O)c1ccc(S(=O)(=O)NC(C2CC2)C2CC2)c(F)c1. The molecule has 2 fully saturated rings. The molecule has 2 aliphatic carbocycles. The summed E-state index contributed by atoms with van der Waals surface area (Å²) in [5, 5.41) is 8.78. The summed E-state index contributed by atoms with van der Waals surface area (Å²) in [7, 11) is -3.96. The highest BCUT2D eigenvalue weighted by molar-refractivity contribution is 7.89. The third-order valence-electron chi connectivity index (χ3n) is 4.02. The fourth-order valence-electron chi connectivity index (χ4n) is 2.58. The molecule has 0 atom stereocenters. The van der Waals surface area contributed by atoms with Crippen molar-refractivity contribution in [2.24, 2.45) is 11.8 Å². The van der Waals surface area contributed by atoms with Gasteiger partial charge in [0, 0.05) is 6.04 Å². The molecule has 5 nitrogen and oxygen atoms in total. The zero-order valence-electron chi connectivity index (χ0n) is 11.3. The molecule has 2 N–H and O–H groups in total. The summed E-state index contributed by atoms with van der Waals surface area (Å²) in [5.41, 5.74) is -0.271. The van der Waals surface area contributed by atoms with Crippen LogP contribution in [0.15, 0.2) is 23.1 Å². The van der Waals surface area contributed by atoms with Crippen molar-refractivity contribution in [1.29, 1.82) is 0 Å². The van der Waals surface area contributed by atoms with Gasteiger partial charge in [0.15, 0.2) is 0 Å². The number of hydrogen-bond donors (Lipinski definition) is 2. The molecule has 7 heteroatoms. The smallest absolute Gasteiger partial charge is 0.335 e. The minimum absolute atomic E-state index is 0.117. The number of rotatable bonds is 6.